The summed E-state index contributed by atoms with van der Waals surface area (Å²) in [4.78, 5) is 14.2. The van der Waals surface area contributed by atoms with Crippen LogP contribution in [-0.4, -0.2) is 65.0 Å². The van der Waals surface area contributed by atoms with Crippen molar-refractivity contribution in [3.63, 3.8) is 0 Å². The molecular formula is C20H28N4O2S. The van der Waals surface area contributed by atoms with Gasteiger partial charge in [-0.3, -0.25) is 4.90 Å². The maximum absolute atomic E-state index is 9.79. The van der Waals surface area contributed by atoms with Gasteiger partial charge in [0.25, 0.3) is 0 Å². The van der Waals surface area contributed by atoms with E-state index in [2.05, 4.69) is 20.2 Å². The standard InChI is InChI=1S/C20H28N4O2S/c25-11-13-1-6-16-17(13)18-19(21-12-22-20(18)27-16)23-14-2-4-15(5-3-14)24-7-9-26-10-8-24/h12-15,25H,1-11H2,(H,21,22,23)/t13-,14?,15?/m1/s1. The third-order valence-corrected chi connectivity index (χ3v) is 7.72. The van der Waals surface area contributed by atoms with Crippen LogP contribution in [0.25, 0.3) is 10.2 Å². The van der Waals surface area contributed by atoms with Crippen LogP contribution in [0.3, 0.4) is 0 Å². The van der Waals surface area contributed by atoms with Crippen molar-refractivity contribution in [3.05, 3.63) is 16.8 Å². The van der Waals surface area contributed by atoms with Gasteiger partial charge in [-0.25, -0.2) is 9.97 Å². The second kappa shape index (κ2) is 7.62. The summed E-state index contributed by atoms with van der Waals surface area (Å²) < 4.78 is 5.49. The van der Waals surface area contributed by atoms with Crippen molar-refractivity contribution in [1.29, 1.82) is 0 Å². The van der Waals surface area contributed by atoms with Crippen molar-refractivity contribution in [2.45, 2.75) is 56.5 Å². The van der Waals surface area contributed by atoms with E-state index >= 15 is 0 Å². The summed E-state index contributed by atoms with van der Waals surface area (Å²) in [7, 11) is 0. The topological polar surface area (TPSA) is 70.5 Å². The zero-order valence-electron chi connectivity index (χ0n) is 15.7. The Morgan fingerprint density at radius 3 is 2.74 bits per heavy atom. The van der Waals surface area contributed by atoms with E-state index in [1.807, 2.05) is 0 Å². The Morgan fingerprint density at radius 1 is 1.15 bits per heavy atom. The molecule has 5 rings (SSSR count). The Balaban J connectivity index is 1.31. The minimum Gasteiger partial charge on any atom is -0.396 e. The Bertz CT molecular complexity index is 797. The van der Waals surface area contributed by atoms with Crippen LogP contribution in [0.2, 0.25) is 0 Å². The summed E-state index contributed by atoms with van der Waals surface area (Å²) in [6.07, 6.45) is 8.65. The fraction of sp³-hybridized carbons (Fsp3) is 0.700. The molecule has 2 N–H and O–H groups in total. The van der Waals surface area contributed by atoms with Crippen molar-refractivity contribution in [1.82, 2.24) is 14.9 Å². The quantitative estimate of drug-likeness (QED) is 0.839. The predicted octanol–water partition coefficient (Wildman–Crippen LogP) is 2.77. The lowest BCUT2D eigenvalue weighted by Gasteiger charge is -2.39. The molecule has 2 aromatic heterocycles. The van der Waals surface area contributed by atoms with Gasteiger partial charge in [-0.15, -0.1) is 11.3 Å². The molecule has 0 unspecified atom stereocenters. The van der Waals surface area contributed by atoms with E-state index in [0.717, 1.165) is 49.8 Å². The molecule has 2 aliphatic carbocycles. The largest absolute Gasteiger partial charge is 0.396 e. The Labute approximate surface area is 164 Å². The molecule has 0 bridgehead atoms. The Morgan fingerprint density at radius 2 is 1.96 bits per heavy atom. The van der Waals surface area contributed by atoms with Crippen molar-refractivity contribution in [2.24, 2.45) is 0 Å². The van der Waals surface area contributed by atoms with Crippen LogP contribution in [0, 0.1) is 0 Å². The number of nitrogens with one attached hydrogen (secondary N) is 1. The number of anilines is 1. The van der Waals surface area contributed by atoms with Gasteiger partial charge in [0.15, 0.2) is 0 Å². The van der Waals surface area contributed by atoms with Gasteiger partial charge in [0.05, 0.1) is 25.2 Å². The molecule has 3 heterocycles. The summed E-state index contributed by atoms with van der Waals surface area (Å²) in [5.74, 6) is 1.23. The molecule has 3 aliphatic rings. The summed E-state index contributed by atoms with van der Waals surface area (Å²) in [6.45, 7) is 4.15. The average molecular weight is 389 g/mol. The molecule has 2 aromatic rings. The minimum absolute atomic E-state index is 0.220. The number of thiophene rings is 1. The number of aromatic nitrogens is 2. The number of fused-ring (bicyclic) bond motifs is 3. The van der Waals surface area contributed by atoms with E-state index < -0.39 is 0 Å². The van der Waals surface area contributed by atoms with Crippen LogP contribution in [0.1, 0.15) is 48.5 Å². The first-order chi connectivity index (χ1) is 13.3. The lowest BCUT2D eigenvalue weighted by atomic mass is 9.90. The number of aryl methyl sites for hydroxylation is 1. The monoisotopic (exact) mass is 388 g/mol. The van der Waals surface area contributed by atoms with E-state index in [-0.39, 0.29) is 12.5 Å². The summed E-state index contributed by atoms with van der Waals surface area (Å²) in [5, 5.41) is 14.7. The third kappa shape index (κ3) is 3.35. The number of hydrogen-bond acceptors (Lipinski definition) is 7. The average Bonchev–Trinajstić information content (AvgIpc) is 3.28. The molecule has 0 aromatic carbocycles. The number of morpholine rings is 1. The molecule has 2 fully saturated rings. The first-order valence-electron chi connectivity index (χ1n) is 10.3. The molecule has 7 heteroatoms. The van der Waals surface area contributed by atoms with Crippen molar-refractivity contribution >= 4 is 27.4 Å². The van der Waals surface area contributed by atoms with Crippen molar-refractivity contribution in [3.8, 4) is 0 Å². The van der Waals surface area contributed by atoms with Gasteiger partial charge in [-0.2, -0.15) is 0 Å². The molecule has 146 valence electrons. The van der Waals surface area contributed by atoms with Crippen molar-refractivity contribution in [2.75, 3.05) is 38.2 Å². The maximum Gasteiger partial charge on any atom is 0.138 e. The van der Waals surface area contributed by atoms with Gasteiger partial charge < -0.3 is 15.2 Å². The first kappa shape index (κ1) is 17.8. The van der Waals surface area contributed by atoms with Crippen LogP contribution >= 0.6 is 11.3 Å². The Hall–Kier alpha value is -1.28. The highest BCUT2D eigenvalue weighted by atomic mass is 32.1. The fourth-order valence-electron chi connectivity index (χ4n) is 5.08. The zero-order chi connectivity index (χ0) is 18.2. The highest BCUT2D eigenvalue weighted by molar-refractivity contribution is 7.19. The highest BCUT2D eigenvalue weighted by Crippen LogP contribution is 2.45. The lowest BCUT2D eigenvalue weighted by molar-refractivity contribution is 0.00791. The van der Waals surface area contributed by atoms with Gasteiger partial charge in [-0.1, -0.05) is 0 Å². The highest BCUT2D eigenvalue weighted by Gasteiger charge is 2.31. The van der Waals surface area contributed by atoms with Gasteiger partial charge >= 0.3 is 0 Å². The van der Waals surface area contributed by atoms with E-state index in [0.29, 0.717) is 12.1 Å². The van der Waals surface area contributed by atoms with Crippen LogP contribution in [-0.2, 0) is 11.2 Å². The molecule has 1 saturated carbocycles. The number of rotatable bonds is 4. The van der Waals surface area contributed by atoms with Crippen LogP contribution in [0.15, 0.2) is 6.33 Å². The summed E-state index contributed by atoms with van der Waals surface area (Å²) in [6, 6.07) is 1.19. The molecule has 1 saturated heterocycles. The van der Waals surface area contributed by atoms with Crippen LogP contribution in [0.4, 0.5) is 5.82 Å². The first-order valence-corrected chi connectivity index (χ1v) is 11.1. The number of aliphatic hydroxyl groups excluding tert-OH is 1. The van der Waals surface area contributed by atoms with Gasteiger partial charge in [0, 0.05) is 36.0 Å². The normalized spacial score (nSPS) is 29.1. The number of ether oxygens (including phenoxy) is 1. The lowest BCUT2D eigenvalue weighted by Crippen LogP contribution is -2.46. The second-order valence-electron chi connectivity index (χ2n) is 8.06. The fourth-order valence-corrected chi connectivity index (χ4v) is 6.32. The van der Waals surface area contributed by atoms with E-state index in [4.69, 9.17) is 4.74 Å². The Kier molecular flexibility index (Phi) is 5.02. The summed E-state index contributed by atoms with van der Waals surface area (Å²) in [5.41, 5.74) is 1.31. The van der Waals surface area contributed by atoms with E-state index in [9.17, 15) is 5.11 Å². The van der Waals surface area contributed by atoms with E-state index in [1.165, 1.54) is 41.5 Å². The van der Waals surface area contributed by atoms with Gasteiger partial charge in [-0.05, 0) is 44.1 Å². The minimum atomic E-state index is 0.220. The molecular weight excluding hydrogens is 360 g/mol. The SMILES string of the molecule is OC[C@H]1CCc2sc3ncnc(NC4CCC(N5CCOCC5)CC4)c3c21. The molecule has 1 aliphatic heterocycles. The second-order valence-corrected chi connectivity index (χ2v) is 9.14. The summed E-state index contributed by atoms with van der Waals surface area (Å²) >= 11 is 1.78. The molecule has 1 atom stereocenters. The van der Waals surface area contributed by atoms with Gasteiger partial charge in [0.2, 0.25) is 0 Å². The van der Waals surface area contributed by atoms with Crippen LogP contribution < -0.4 is 5.32 Å². The predicted molar refractivity (Wildman–Crippen MR) is 108 cm³/mol. The maximum atomic E-state index is 9.79. The molecule has 27 heavy (non-hydrogen) atoms. The van der Waals surface area contributed by atoms with Crippen LogP contribution in [0.5, 0.6) is 0 Å². The molecule has 0 radical (unpaired) electrons. The zero-order valence-corrected chi connectivity index (χ0v) is 16.5. The number of aliphatic hydroxyl groups is 1. The molecule has 0 amide bonds. The smallest absolute Gasteiger partial charge is 0.138 e. The molecule has 0 spiro atoms. The van der Waals surface area contributed by atoms with E-state index in [1.54, 1.807) is 17.7 Å². The molecule has 6 nitrogen and oxygen atoms in total. The van der Waals surface area contributed by atoms with Crippen molar-refractivity contribution < 1.29 is 9.84 Å². The number of nitrogens with zero attached hydrogens (tertiary/aromatic N) is 3. The number of hydrogen-bond donors (Lipinski definition) is 2. The van der Waals surface area contributed by atoms with Gasteiger partial charge in [0.1, 0.15) is 17.0 Å². The third-order valence-electron chi connectivity index (χ3n) is 6.55.